The summed E-state index contributed by atoms with van der Waals surface area (Å²) in [5.74, 6) is 0.843. The number of fused-ring (bicyclic) bond motifs is 7. The summed E-state index contributed by atoms with van der Waals surface area (Å²) in [6, 6.07) is 55.7. The van der Waals surface area contributed by atoms with Crippen LogP contribution in [0.25, 0.3) is 38.8 Å². The van der Waals surface area contributed by atoms with Gasteiger partial charge in [-0.1, -0.05) is 105 Å². The predicted octanol–water partition coefficient (Wildman–Crippen LogP) is 10.9. The molecule has 6 aromatic carbocycles. The molecular formula is C47H37N4OPt-. The van der Waals surface area contributed by atoms with Gasteiger partial charge in [0.05, 0.1) is 11.1 Å². The molecule has 2 aromatic heterocycles. The zero-order valence-corrected chi connectivity index (χ0v) is 31.7. The first kappa shape index (κ1) is 30.0. The van der Waals surface area contributed by atoms with Crippen molar-refractivity contribution in [2.75, 3.05) is 17.1 Å². The van der Waals surface area contributed by atoms with Crippen molar-refractivity contribution in [3.05, 3.63) is 186 Å². The predicted molar refractivity (Wildman–Crippen MR) is 211 cm³/mol. The van der Waals surface area contributed by atoms with Crippen molar-refractivity contribution >= 4 is 38.9 Å². The molecule has 262 valence electrons. The first-order chi connectivity index (χ1) is 26.5. The van der Waals surface area contributed by atoms with Crippen LogP contribution < -0.4 is 10.1 Å². The first-order valence-corrected chi connectivity index (χ1v) is 17.6. The molecule has 10 rings (SSSR count). The zero-order valence-electron chi connectivity index (χ0n) is 32.4. The smallest absolute Gasteiger partial charge is 0.145 e. The third kappa shape index (κ3) is 4.88. The second-order valence-corrected chi connectivity index (χ2v) is 14.6. The Kier molecular flexibility index (Phi) is 6.97. The largest absolute Gasteiger partial charge is 0.319 e. The number of hydroxylamine groups is 1. The minimum Gasteiger partial charge on any atom is -0.319 e. The van der Waals surface area contributed by atoms with E-state index in [9.17, 15) is 0 Å². The molecule has 6 heteroatoms. The van der Waals surface area contributed by atoms with Crippen LogP contribution in [0, 0.1) is 12.1 Å². The number of aromatic nitrogens is 2. The van der Waals surface area contributed by atoms with Gasteiger partial charge in [0.15, 0.2) is 0 Å². The Morgan fingerprint density at radius 2 is 1.36 bits per heavy atom. The van der Waals surface area contributed by atoms with Crippen molar-refractivity contribution in [1.82, 2.24) is 9.55 Å². The van der Waals surface area contributed by atoms with Crippen LogP contribution in [0.3, 0.4) is 0 Å². The molecule has 0 saturated carbocycles. The molecule has 0 atom stereocenters. The number of benzene rings is 6. The maximum absolute atomic E-state index is 8.24. The molecule has 0 radical (unpaired) electrons. The number of para-hydroxylation sites is 3. The van der Waals surface area contributed by atoms with E-state index in [1.165, 1.54) is 5.56 Å². The molecule has 5 nitrogen and oxygen atoms in total. The second-order valence-electron chi connectivity index (χ2n) is 14.6. The number of pyridine rings is 1. The average Bonchev–Trinajstić information content (AvgIpc) is 3.85. The van der Waals surface area contributed by atoms with E-state index in [1.807, 2.05) is 36.5 Å². The molecule has 0 bridgehead atoms. The molecule has 1 aliphatic heterocycles. The van der Waals surface area contributed by atoms with E-state index < -0.39 is 12.4 Å². The molecule has 0 saturated heterocycles. The van der Waals surface area contributed by atoms with E-state index in [-0.39, 0.29) is 26.5 Å². The van der Waals surface area contributed by atoms with Crippen LogP contribution in [0.1, 0.15) is 52.7 Å². The molecule has 0 amide bonds. The number of anilines is 3. The van der Waals surface area contributed by atoms with E-state index in [4.69, 9.17) is 9.10 Å². The Bertz CT molecular complexity index is 2780. The van der Waals surface area contributed by atoms with Gasteiger partial charge in [-0.2, -0.15) is 35.3 Å². The molecule has 0 unspecified atom stereocenters. The SMILES string of the molecule is [2H]C([2H])([2H])N1[OH+]N(c2[c-]c(C3(c4[c-]c5c(cc4)c4ccccc4n5-c4cc(C(C)(C)C)ccn4)c4ccccc4-c4ccccc43)ccc2)c2ccccc21.[Pt]. The minimum atomic E-state index is -2.46. The van der Waals surface area contributed by atoms with Gasteiger partial charge in [0.2, 0.25) is 0 Å². The summed E-state index contributed by atoms with van der Waals surface area (Å²) < 4.78 is 27.0. The van der Waals surface area contributed by atoms with Crippen molar-refractivity contribution in [3.8, 4) is 16.9 Å². The Morgan fingerprint density at radius 3 is 2.11 bits per heavy atom. The number of nitrogens with zero attached hydrogens (tertiary/aromatic N) is 4. The van der Waals surface area contributed by atoms with Crippen LogP contribution in [0.2, 0.25) is 0 Å². The maximum Gasteiger partial charge on any atom is 0.145 e. The summed E-state index contributed by atoms with van der Waals surface area (Å²) in [5.41, 5.74) is 10.5. The van der Waals surface area contributed by atoms with Crippen LogP contribution in [0.5, 0.6) is 0 Å². The Hall–Kier alpha value is -5.48. The van der Waals surface area contributed by atoms with Crippen LogP contribution in [0.4, 0.5) is 17.1 Å². The van der Waals surface area contributed by atoms with Crippen molar-refractivity contribution in [3.63, 3.8) is 0 Å². The number of rotatable bonds is 4. The number of hydrogen-bond donors (Lipinski definition) is 0. The molecular weight excluding hydrogens is 832 g/mol. The van der Waals surface area contributed by atoms with Crippen LogP contribution in [-0.4, -0.2) is 21.5 Å². The van der Waals surface area contributed by atoms with Crippen molar-refractivity contribution in [1.29, 1.82) is 0 Å². The van der Waals surface area contributed by atoms with Crippen LogP contribution in [-0.2, 0) is 31.9 Å². The van der Waals surface area contributed by atoms with Gasteiger partial charge in [-0.15, -0.1) is 38.8 Å². The number of hydrogen-bond acceptors (Lipinski definition) is 3. The van der Waals surface area contributed by atoms with Crippen LogP contribution >= 0.6 is 0 Å². The third-order valence-corrected chi connectivity index (χ3v) is 10.7. The quantitative estimate of drug-likeness (QED) is 0.131. The van der Waals surface area contributed by atoms with Gasteiger partial charge >= 0.3 is 0 Å². The third-order valence-electron chi connectivity index (χ3n) is 10.7. The van der Waals surface area contributed by atoms with E-state index >= 15 is 0 Å². The Labute approximate surface area is 328 Å². The van der Waals surface area contributed by atoms with Gasteiger partial charge < -0.3 is 4.57 Å². The van der Waals surface area contributed by atoms with Gasteiger partial charge in [-0.05, 0) is 69.0 Å². The van der Waals surface area contributed by atoms with Gasteiger partial charge in [0.1, 0.15) is 17.2 Å². The monoisotopic (exact) mass is 871 g/mol. The summed E-state index contributed by atoms with van der Waals surface area (Å²) in [6.07, 6.45) is 1.90. The topological polar surface area (TPSA) is 37.1 Å². The van der Waals surface area contributed by atoms with E-state index in [1.54, 1.807) is 11.1 Å². The molecule has 8 aromatic rings. The summed E-state index contributed by atoms with van der Waals surface area (Å²) in [4.78, 5) is 9.58. The van der Waals surface area contributed by atoms with Crippen molar-refractivity contribution in [2.45, 2.75) is 31.6 Å². The minimum absolute atomic E-state index is 0. The van der Waals surface area contributed by atoms with Crippen molar-refractivity contribution in [2.24, 2.45) is 0 Å². The van der Waals surface area contributed by atoms with E-state index in [0.29, 0.717) is 17.1 Å². The van der Waals surface area contributed by atoms with Crippen molar-refractivity contribution < 1.29 is 30.1 Å². The first-order valence-electron chi connectivity index (χ1n) is 19.1. The molecule has 53 heavy (non-hydrogen) atoms. The van der Waals surface area contributed by atoms with E-state index in [0.717, 1.165) is 66.1 Å². The van der Waals surface area contributed by atoms with Gasteiger partial charge in [0, 0.05) is 43.9 Å². The van der Waals surface area contributed by atoms with Crippen LogP contribution in [0.15, 0.2) is 146 Å². The Morgan fingerprint density at radius 1 is 0.679 bits per heavy atom. The zero-order chi connectivity index (χ0) is 37.7. The fourth-order valence-electron chi connectivity index (χ4n) is 8.30. The van der Waals surface area contributed by atoms with E-state index in [2.05, 4.69) is 146 Å². The Balaban J connectivity index is 0.00000410. The van der Waals surface area contributed by atoms with Gasteiger partial charge in [-0.3, -0.25) is 0 Å². The fourth-order valence-corrected chi connectivity index (χ4v) is 8.30. The fraction of sp³-hybridized carbons (Fsp3) is 0.128. The standard InChI is InChI=1S/C47H36N4O.Pt/c1-46(2,3)31-26-27-48-45(30-31)50-41-21-10-7-18-37(41)38-25-24-33(29-44(38)50)47(39-19-8-5-16-35(39)36-17-6-9-20-40(36)47)32-14-13-15-34(28-32)51-43-23-12-11-22-42(43)49(4)52-51;/h5-27,30H,1-4H3;/q-2;/p+1/i4D3;. The summed E-state index contributed by atoms with van der Waals surface area (Å²) in [7, 11) is 0. The molecule has 0 spiro atoms. The summed E-state index contributed by atoms with van der Waals surface area (Å²) >= 11 is 0. The molecule has 3 heterocycles. The second kappa shape index (κ2) is 12.3. The van der Waals surface area contributed by atoms with Gasteiger partial charge in [-0.25, -0.2) is 4.98 Å². The molecule has 2 aliphatic rings. The van der Waals surface area contributed by atoms with Gasteiger partial charge in [0.25, 0.3) is 0 Å². The summed E-state index contributed by atoms with van der Waals surface area (Å²) in [5, 5.41) is 5.02. The summed E-state index contributed by atoms with van der Waals surface area (Å²) in [6.45, 7) is 4.21. The average molecular weight is 872 g/mol. The normalized spacial score (nSPS) is 15.3. The molecule has 0 fully saturated rings. The molecule has 1 N–H and O–H groups in total. The maximum atomic E-state index is 8.24. The molecule has 1 aliphatic carbocycles.